The number of hydrogen-bond acceptors (Lipinski definition) is 3. The molecule has 1 N–H and O–H groups in total. The third kappa shape index (κ3) is 5.78. The first-order chi connectivity index (χ1) is 14.5. The maximum atomic E-state index is 13.0. The summed E-state index contributed by atoms with van der Waals surface area (Å²) in [4.78, 5) is 12.4. The van der Waals surface area contributed by atoms with Crippen LogP contribution < -0.4 is 10.1 Å². The Balaban J connectivity index is 1.76. The number of para-hydroxylation sites is 1. The molecule has 0 aliphatic rings. The van der Waals surface area contributed by atoms with Crippen molar-refractivity contribution in [3.05, 3.63) is 98.2 Å². The van der Waals surface area contributed by atoms with E-state index in [1.807, 2.05) is 12.1 Å². The molecular weight excluding hydrogens is 515 g/mol. The van der Waals surface area contributed by atoms with Crippen LogP contribution in [0.2, 0.25) is 0 Å². The van der Waals surface area contributed by atoms with Gasteiger partial charge in [-0.3, -0.25) is 4.79 Å². The number of nitriles is 1. The van der Waals surface area contributed by atoms with E-state index in [4.69, 9.17) is 4.74 Å². The van der Waals surface area contributed by atoms with Crippen molar-refractivity contribution in [2.75, 3.05) is 5.32 Å². The van der Waals surface area contributed by atoms with Crippen LogP contribution in [-0.4, -0.2) is 5.91 Å². The van der Waals surface area contributed by atoms with E-state index < -0.39 is 5.91 Å². The van der Waals surface area contributed by atoms with Crippen molar-refractivity contribution < 1.29 is 13.9 Å². The molecule has 0 atom stereocenters. The van der Waals surface area contributed by atoms with Gasteiger partial charge in [-0.15, -0.1) is 0 Å². The van der Waals surface area contributed by atoms with E-state index in [0.29, 0.717) is 25.9 Å². The smallest absolute Gasteiger partial charge is 0.266 e. The van der Waals surface area contributed by atoms with Crippen molar-refractivity contribution in [2.24, 2.45) is 0 Å². The largest absolute Gasteiger partial charge is 0.487 e. The fourth-order valence-corrected chi connectivity index (χ4v) is 4.02. The summed E-state index contributed by atoms with van der Waals surface area (Å²) in [5, 5.41) is 12.1. The summed E-state index contributed by atoms with van der Waals surface area (Å²) < 4.78 is 20.1. The number of halogens is 3. The van der Waals surface area contributed by atoms with Crippen LogP contribution in [0.4, 0.5) is 10.1 Å². The Kier molecular flexibility index (Phi) is 7.39. The maximum Gasteiger partial charge on any atom is 0.266 e. The summed E-state index contributed by atoms with van der Waals surface area (Å²) in [6, 6.07) is 20.4. The van der Waals surface area contributed by atoms with Crippen LogP contribution in [0, 0.1) is 17.1 Å². The van der Waals surface area contributed by atoms with E-state index in [0.717, 1.165) is 5.56 Å². The molecule has 0 heterocycles. The summed E-state index contributed by atoms with van der Waals surface area (Å²) in [5.74, 6) is -0.238. The molecule has 150 valence electrons. The van der Waals surface area contributed by atoms with Crippen molar-refractivity contribution in [2.45, 2.75) is 6.61 Å². The van der Waals surface area contributed by atoms with Gasteiger partial charge in [-0.05, 0) is 85.5 Å². The SMILES string of the molecule is N#CC(=Cc1cc(Br)c(OCc2ccc(F)cc2)c(Br)c1)C(=O)Nc1ccccc1. The van der Waals surface area contributed by atoms with Gasteiger partial charge in [-0.1, -0.05) is 30.3 Å². The lowest BCUT2D eigenvalue weighted by molar-refractivity contribution is -0.112. The first kappa shape index (κ1) is 21.8. The number of rotatable bonds is 6. The maximum absolute atomic E-state index is 13.0. The highest BCUT2D eigenvalue weighted by Gasteiger charge is 2.13. The highest BCUT2D eigenvalue weighted by molar-refractivity contribution is 9.11. The number of benzene rings is 3. The second kappa shape index (κ2) is 10.2. The van der Waals surface area contributed by atoms with Gasteiger partial charge in [-0.25, -0.2) is 4.39 Å². The number of ether oxygens (including phenoxy) is 1. The first-order valence-electron chi connectivity index (χ1n) is 8.81. The second-order valence-electron chi connectivity index (χ2n) is 6.22. The summed E-state index contributed by atoms with van der Waals surface area (Å²) in [6.45, 7) is 0.260. The molecule has 0 fully saturated rings. The minimum atomic E-state index is -0.493. The molecule has 0 spiro atoms. The van der Waals surface area contributed by atoms with Crippen molar-refractivity contribution >= 4 is 49.5 Å². The minimum absolute atomic E-state index is 0.0300. The summed E-state index contributed by atoms with van der Waals surface area (Å²) in [5.41, 5.74) is 2.04. The third-order valence-corrected chi connectivity index (χ3v) is 5.20. The van der Waals surface area contributed by atoms with Crippen LogP contribution in [0.1, 0.15) is 11.1 Å². The zero-order valence-electron chi connectivity index (χ0n) is 15.5. The van der Waals surface area contributed by atoms with Gasteiger partial charge in [0.05, 0.1) is 8.95 Å². The molecule has 0 saturated carbocycles. The molecule has 30 heavy (non-hydrogen) atoms. The predicted octanol–water partition coefficient (Wildman–Crippen LogP) is 6.48. The van der Waals surface area contributed by atoms with E-state index in [-0.39, 0.29) is 18.0 Å². The van der Waals surface area contributed by atoms with Crippen LogP contribution >= 0.6 is 31.9 Å². The lowest BCUT2D eigenvalue weighted by atomic mass is 10.1. The fraction of sp³-hybridized carbons (Fsp3) is 0.0435. The van der Waals surface area contributed by atoms with Crippen LogP contribution in [0.3, 0.4) is 0 Å². The minimum Gasteiger partial charge on any atom is -0.487 e. The number of carbonyl (C=O) groups is 1. The van der Waals surface area contributed by atoms with Gasteiger partial charge in [0.25, 0.3) is 5.91 Å². The number of nitrogens with one attached hydrogen (secondary N) is 1. The number of nitrogens with zero attached hydrogens (tertiary/aromatic N) is 1. The number of amides is 1. The van der Waals surface area contributed by atoms with Crippen molar-refractivity contribution in [3.63, 3.8) is 0 Å². The fourth-order valence-electron chi connectivity index (χ4n) is 2.57. The van der Waals surface area contributed by atoms with Gasteiger partial charge in [0.15, 0.2) is 0 Å². The van der Waals surface area contributed by atoms with Gasteiger partial charge in [0.2, 0.25) is 0 Å². The first-order valence-corrected chi connectivity index (χ1v) is 10.4. The molecule has 0 bridgehead atoms. The molecule has 4 nitrogen and oxygen atoms in total. The quantitative estimate of drug-likeness (QED) is 0.294. The Hall–Kier alpha value is -2.95. The van der Waals surface area contributed by atoms with Gasteiger partial charge in [-0.2, -0.15) is 5.26 Å². The van der Waals surface area contributed by atoms with E-state index in [1.54, 1.807) is 48.5 Å². The average molecular weight is 530 g/mol. The standard InChI is InChI=1S/C23H15Br2FN2O2/c24-20-11-16(10-17(13-27)23(29)28-19-4-2-1-3-5-19)12-21(25)22(20)30-14-15-6-8-18(26)9-7-15/h1-12H,14H2,(H,28,29). The molecule has 3 aromatic carbocycles. The van der Waals surface area contributed by atoms with E-state index in [2.05, 4.69) is 37.2 Å². The van der Waals surface area contributed by atoms with Crippen molar-refractivity contribution in [1.29, 1.82) is 5.26 Å². The lowest BCUT2D eigenvalue weighted by Crippen LogP contribution is -2.13. The Labute approximate surface area is 190 Å². The van der Waals surface area contributed by atoms with E-state index in [1.165, 1.54) is 18.2 Å². The van der Waals surface area contributed by atoms with Crippen molar-refractivity contribution in [1.82, 2.24) is 0 Å². The molecule has 3 aromatic rings. The third-order valence-electron chi connectivity index (χ3n) is 4.02. The zero-order valence-corrected chi connectivity index (χ0v) is 18.7. The lowest BCUT2D eigenvalue weighted by Gasteiger charge is -2.12. The summed E-state index contributed by atoms with van der Waals surface area (Å²) in [7, 11) is 0. The van der Waals surface area contributed by atoms with Gasteiger partial charge in [0, 0.05) is 5.69 Å². The molecule has 7 heteroatoms. The Morgan fingerprint density at radius 3 is 2.30 bits per heavy atom. The van der Waals surface area contributed by atoms with Crippen LogP contribution in [0.15, 0.2) is 81.2 Å². The molecular formula is C23H15Br2FN2O2. The number of hydrogen-bond donors (Lipinski definition) is 1. The summed E-state index contributed by atoms with van der Waals surface area (Å²) >= 11 is 6.92. The van der Waals surface area contributed by atoms with Crippen LogP contribution in [-0.2, 0) is 11.4 Å². The van der Waals surface area contributed by atoms with Gasteiger partial charge < -0.3 is 10.1 Å². The number of anilines is 1. The predicted molar refractivity (Wildman–Crippen MR) is 121 cm³/mol. The van der Waals surface area contributed by atoms with Crippen molar-refractivity contribution in [3.8, 4) is 11.8 Å². The Morgan fingerprint density at radius 2 is 1.70 bits per heavy atom. The molecule has 0 saturated heterocycles. The molecule has 0 aliphatic carbocycles. The van der Waals surface area contributed by atoms with Crippen LogP contribution in [0.25, 0.3) is 6.08 Å². The zero-order chi connectivity index (χ0) is 21.5. The van der Waals surface area contributed by atoms with E-state index in [9.17, 15) is 14.4 Å². The Morgan fingerprint density at radius 1 is 1.07 bits per heavy atom. The van der Waals surface area contributed by atoms with Crippen LogP contribution in [0.5, 0.6) is 5.75 Å². The molecule has 1 amide bonds. The van der Waals surface area contributed by atoms with Gasteiger partial charge >= 0.3 is 0 Å². The van der Waals surface area contributed by atoms with Gasteiger partial charge in [0.1, 0.15) is 29.8 Å². The van der Waals surface area contributed by atoms with E-state index >= 15 is 0 Å². The second-order valence-corrected chi connectivity index (χ2v) is 7.93. The number of carbonyl (C=O) groups excluding carboxylic acids is 1. The molecule has 0 aliphatic heterocycles. The highest BCUT2D eigenvalue weighted by atomic mass is 79.9. The average Bonchev–Trinajstić information content (AvgIpc) is 2.73. The highest BCUT2D eigenvalue weighted by Crippen LogP contribution is 2.36. The molecule has 0 radical (unpaired) electrons. The Bertz CT molecular complexity index is 1100. The topological polar surface area (TPSA) is 62.1 Å². The normalized spacial score (nSPS) is 10.9. The molecule has 0 aromatic heterocycles. The summed E-state index contributed by atoms with van der Waals surface area (Å²) in [6.07, 6.45) is 1.50. The monoisotopic (exact) mass is 528 g/mol. The molecule has 3 rings (SSSR count). The molecule has 0 unspecified atom stereocenters.